The second kappa shape index (κ2) is 9.10. The molecule has 3 N–H and O–H groups in total. The van der Waals surface area contributed by atoms with Gasteiger partial charge in [0, 0.05) is 56.8 Å². The van der Waals surface area contributed by atoms with Crippen LogP contribution in [0.15, 0.2) is 12.1 Å². The van der Waals surface area contributed by atoms with Gasteiger partial charge in [0.25, 0.3) is 16.0 Å². The number of amides is 3. The molecule has 39 heavy (non-hydrogen) atoms. The van der Waals surface area contributed by atoms with E-state index in [-0.39, 0.29) is 49.3 Å². The molecular formula is C27H34N4O7S. The minimum atomic E-state index is -4.41. The molecule has 11 nitrogen and oxygen atoms in total. The molecule has 3 aliphatic heterocycles. The zero-order valence-electron chi connectivity index (χ0n) is 22.0. The summed E-state index contributed by atoms with van der Waals surface area (Å²) in [5.41, 5.74) is 1.25. The van der Waals surface area contributed by atoms with Gasteiger partial charge in [-0.15, -0.1) is 0 Å². The third kappa shape index (κ3) is 4.10. The van der Waals surface area contributed by atoms with E-state index >= 15 is 0 Å². The molecule has 2 saturated heterocycles. The number of imide groups is 1. The van der Waals surface area contributed by atoms with Gasteiger partial charge in [0.2, 0.25) is 11.8 Å². The van der Waals surface area contributed by atoms with Crippen molar-refractivity contribution in [1.29, 1.82) is 0 Å². The summed E-state index contributed by atoms with van der Waals surface area (Å²) in [4.78, 5) is 55.1. The molecule has 2 bridgehead atoms. The quantitative estimate of drug-likeness (QED) is 0.338. The third-order valence-electron chi connectivity index (χ3n) is 10.1. The molecule has 3 amide bonds. The highest BCUT2D eigenvalue weighted by atomic mass is 32.2. The fraction of sp³-hybridized carbons (Fsp3) is 0.630. The SMILES string of the molecule is CC1(Cc2c(N3CCNCC3)ccc3c2CN([C@H]2CCC(=O)NC2=O)C3=O)C2CCC1(CS(=O)(=O)O)C(=O)C2. The molecule has 1 aromatic carbocycles. The lowest BCUT2D eigenvalue weighted by atomic mass is 9.65. The van der Waals surface area contributed by atoms with Gasteiger partial charge < -0.3 is 15.1 Å². The minimum Gasteiger partial charge on any atom is -0.369 e. The predicted molar refractivity (Wildman–Crippen MR) is 141 cm³/mol. The standard InChI is InChI=1S/C27H34N4O7S/c1-26(16-6-7-27(26,22(32)12-16)15-39(36,37)38)13-18-19-14-31(21-4-5-23(33)29-24(21)34)25(35)17(19)2-3-20(18)30-10-8-28-9-11-30/h2-3,16,21,28H,4-15H2,1H3,(H,29,33,34)(H,36,37,38)/t16?,21-,26?,27?/m0/s1. The van der Waals surface area contributed by atoms with E-state index in [1.54, 1.807) is 6.07 Å². The first-order valence-electron chi connectivity index (χ1n) is 13.7. The molecule has 6 rings (SSSR count). The van der Waals surface area contributed by atoms with Gasteiger partial charge in [-0.25, -0.2) is 0 Å². The van der Waals surface area contributed by atoms with Crippen LogP contribution in [0.5, 0.6) is 0 Å². The third-order valence-corrected chi connectivity index (χ3v) is 11.0. The van der Waals surface area contributed by atoms with E-state index in [9.17, 15) is 32.1 Å². The Labute approximate surface area is 227 Å². The topological polar surface area (TPSA) is 153 Å². The first-order chi connectivity index (χ1) is 18.4. The van der Waals surface area contributed by atoms with Crippen molar-refractivity contribution >= 4 is 39.3 Å². The van der Waals surface area contributed by atoms with E-state index in [1.165, 1.54) is 4.90 Å². The molecule has 210 valence electrons. The van der Waals surface area contributed by atoms with E-state index < -0.39 is 38.6 Å². The number of carbonyl (C=O) groups excluding carboxylic acids is 4. The van der Waals surface area contributed by atoms with Gasteiger partial charge >= 0.3 is 0 Å². The van der Waals surface area contributed by atoms with Crippen LogP contribution in [0.4, 0.5) is 5.69 Å². The molecule has 12 heteroatoms. The summed E-state index contributed by atoms with van der Waals surface area (Å²) in [5, 5.41) is 5.69. The number of piperidine rings is 1. The normalized spacial score (nSPS) is 32.7. The summed E-state index contributed by atoms with van der Waals surface area (Å²) in [6.07, 6.45) is 2.21. The molecule has 3 unspecified atom stereocenters. The van der Waals surface area contributed by atoms with Crippen LogP contribution in [0, 0.1) is 16.7 Å². The lowest BCUT2D eigenvalue weighted by Gasteiger charge is -2.41. The van der Waals surface area contributed by atoms with Crippen molar-refractivity contribution in [2.45, 2.75) is 58.0 Å². The Morgan fingerprint density at radius 3 is 2.51 bits per heavy atom. The molecule has 0 aromatic heterocycles. The summed E-state index contributed by atoms with van der Waals surface area (Å²) in [7, 11) is -4.41. The van der Waals surface area contributed by atoms with E-state index in [2.05, 4.69) is 15.5 Å². The molecule has 4 atom stereocenters. The number of anilines is 1. The first-order valence-corrected chi connectivity index (χ1v) is 15.3. The lowest BCUT2D eigenvalue weighted by Crippen LogP contribution is -2.52. The Kier molecular flexibility index (Phi) is 6.16. The van der Waals surface area contributed by atoms with Crippen molar-refractivity contribution in [3.05, 3.63) is 28.8 Å². The van der Waals surface area contributed by atoms with Gasteiger partial charge in [-0.2, -0.15) is 8.42 Å². The van der Waals surface area contributed by atoms with E-state index in [4.69, 9.17) is 0 Å². The smallest absolute Gasteiger partial charge is 0.265 e. The summed E-state index contributed by atoms with van der Waals surface area (Å²) < 4.78 is 34.2. The van der Waals surface area contributed by atoms with Crippen LogP contribution in [0.1, 0.15) is 60.5 Å². The van der Waals surface area contributed by atoms with Crippen molar-refractivity contribution in [2.24, 2.45) is 16.7 Å². The van der Waals surface area contributed by atoms with Crippen molar-refractivity contribution in [3.63, 3.8) is 0 Å². The molecule has 5 aliphatic rings. The van der Waals surface area contributed by atoms with Gasteiger partial charge in [-0.3, -0.25) is 29.0 Å². The molecular weight excluding hydrogens is 524 g/mol. The number of nitrogens with one attached hydrogen (secondary N) is 2. The maximum Gasteiger partial charge on any atom is 0.265 e. The van der Waals surface area contributed by atoms with Crippen LogP contribution >= 0.6 is 0 Å². The molecule has 2 saturated carbocycles. The predicted octanol–water partition coefficient (Wildman–Crippen LogP) is 0.663. The van der Waals surface area contributed by atoms with E-state index in [0.29, 0.717) is 24.8 Å². The first kappa shape index (κ1) is 26.4. The zero-order chi connectivity index (χ0) is 27.7. The minimum absolute atomic E-state index is 0.0261. The number of piperazine rings is 1. The number of carbonyl (C=O) groups is 4. The van der Waals surface area contributed by atoms with Crippen molar-refractivity contribution < 1.29 is 32.1 Å². The van der Waals surface area contributed by atoms with Crippen LogP contribution in [0.2, 0.25) is 0 Å². The van der Waals surface area contributed by atoms with Crippen molar-refractivity contribution in [3.8, 4) is 0 Å². The number of fused-ring (bicyclic) bond motifs is 3. The molecule has 3 heterocycles. The number of rotatable bonds is 6. The van der Waals surface area contributed by atoms with Gasteiger partial charge in [0.05, 0.1) is 11.2 Å². The number of Topliss-reactive ketones (excluding diaryl/α,β-unsaturated/α-hetero) is 1. The molecule has 4 fully saturated rings. The average molecular weight is 559 g/mol. The van der Waals surface area contributed by atoms with Gasteiger partial charge in [0.15, 0.2) is 0 Å². The Hall–Kier alpha value is -2.83. The van der Waals surface area contributed by atoms with Crippen LogP contribution in [-0.2, 0) is 37.5 Å². The number of hydrogen-bond acceptors (Lipinski definition) is 8. The highest BCUT2D eigenvalue weighted by Crippen LogP contribution is 2.66. The fourth-order valence-electron chi connectivity index (χ4n) is 8.02. The Bertz CT molecular complexity index is 1390. The largest absolute Gasteiger partial charge is 0.369 e. The van der Waals surface area contributed by atoms with Gasteiger partial charge in [0.1, 0.15) is 11.8 Å². The lowest BCUT2D eigenvalue weighted by molar-refractivity contribution is -0.137. The molecule has 0 radical (unpaired) electrons. The highest BCUT2D eigenvalue weighted by molar-refractivity contribution is 7.85. The number of ketones is 1. The van der Waals surface area contributed by atoms with Crippen LogP contribution in [0.25, 0.3) is 0 Å². The fourth-order valence-corrected chi connectivity index (χ4v) is 9.28. The molecule has 0 spiro atoms. The highest BCUT2D eigenvalue weighted by Gasteiger charge is 2.67. The van der Waals surface area contributed by atoms with Crippen LogP contribution in [-0.4, -0.2) is 79.3 Å². The maximum absolute atomic E-state index is 13.6. The van der Waals surface area contributed by atoms with Crippen molar-refractivity contribution in [1.82, 2.24) is 15.5 Å². The second-order valence-electron chi connectivity index (χ2n) is 12.0. The van der Waals surface area contributed by atoms with E-state index in [0.717, 1.165) is 43.0 Å². The van der Waals surface area contributed by atoms with Gasteiger partial charge in [-0.05, 0) is 60.3 Å². The van der Waals surface area contributed by atoms with E-state index in [1.807, 2.05) is 13.0 Å². The summed E-state index contributed by atoms with van der Waals surface area (Å²) in [5.74, 6) is -1.82. The Morgan fingerprint density at radius 2 is 1.85 bits per heavy atom. The molecule has 1 aromatic rings. The van der Waals surface area contributed by atoms with Crippen LogP contribution in [0.3, 0.4) is 0 Å². The van der Waals surface area contributed by atoms with Crippen molar-refractivity contribution in [2.75, 3.05) is 36.8 Å². The average Bonchev–Trinajstić information content (AvgIpc) is 3.40. The molecule has 2 aliphatic carbocycles. The monoisotopic (exact) mass is 558 g/mol. The van der Waals surface area contributed by atoms with Gasteiger partial charge in [-0.1, -0.05) is 6.92 Å². The summed E-state index contributed by atoms with van der Waals surface area (Å²) >= 11 is 0. The second-order valence-corrected chi connectivity index (χ2v) is 13.4. The Morgan fingerprint density at radius 1 is 1.10 bits per heavy atom. The summed E-state index contributed by atoms with van der Waals surface area (Å²) in [6.45, 7) is 5.27. The Balaban J connectivity index is 1.43. The van der Waals surface area contributed by atoms with Crippen LogP contribution < -0.4 is 15.5 Å². The number of benzene rings is 1. The number of nitrogens with zero attached hydrogens (tertiary/aromatic N) is 2. The maximum atomic E-state index is 13.6. The number of hydrogen-bond donors (Lipinski definition) is 3. The summed E-state index contributed by atoms with van der Waals surface area (Å²) in [6, 6.07) is 2.99. The zero-order valence-corrected chi connectivity index (χ0v) is 22.8.